The minimum absolute atomic E-state index is 0.363. The molecule has 86 valence electrons. The quantitative estimate of drug-likeness (QED) is 0.776. The van der Waals surface area contributed by atoms with Gasteiger partial charge in [-0.3, -0.25) is 0 Å². The molecule has 2 rings (SSSR count). The Hall–Kier alpha value is -1.22. The Labute approximate surface area is 94.2 Å². The van der Waals surface area contributed by atoms with Crippen LogP contribution in [-0.4, -0.2) is 6.04 Å². The molecule has 1 nitrogen and oxygen atoms in total. The molecule has 0 aliphatic heterocycles. The van der Waals surface area contributed by atoms with Crippen LogP contribution in [0.5, 0.6) is 0 Å². The first-order chi connectivity index (χ1) is 7.75. The Balaban J connectivity index is 1.91. The van der Waals surface area contributed by atoms with Gasteiger partial charge in [-0.2, -0.15) is 0 Å². The van der Waals surface area contributed by atoms with Gasteiger partial charge in [-0.05, 0) is 37.0 Å². The fourth-order valence-corrected chi connectivity index (χ4v) is 1.88. The van der Waals surface area contributed by atoms with Gasteiger partial charge in [-0.15, -0.1) is 0 Å². The van der Waals surface area contributed by atoms with Crippen LogP contribution in [0.3, 0.4) is 0 Å². The molecule has 1 aromatic rings. The summed E-state index contributed by atoms with van der Waals surface area (Å²) in [7, 11) is 0. The molecule has 0 heterocycles. The van der Waals surface area contributed by atoms with Crippen molar-refractivity contribution in [3.63, 3.8) is 0 Å². The average molecular weight is 223 g/mol. The number of benzene rings is 1. The molecule has 0 saturated carbocycles. The maximum atomic E-state index is 12.9. The molecule has 0 fully saturated rings. The van der Waals surface area contributed by atoms with Gasteiger partial charge < -0.3 is 5.32 Å². The molecule has 1 aromatic carbocycles. The molecule has 0 spiro atoms. The first-order valence-corrected chi connectivity index (χ1v) is 5.59. The maximum Gasteiger partial charge on any atom is 0.159 e. The van der Waals surface area contributed by atoms with Crippen molar-refractivity contribution in [3.05, 3.63) is 47.5 Å². The first-order valence-electron chi connectivity index (χ1n) is 5.59. The van der Waals surface area contributed by atoms with Gasteiger partial charge in [0.1, 0.15) is 0 Å². The Bertz CT molecular complexity index is 388. The second-order valence-electron chi connectivity index (χ2n) is 4.09. The highest BCUT2D eigenvalue weighted by Crippen LogP contribution is 2.12. The maximum absolute atomic E-state index is 12.9. The number of hydrogen-bond acceptors (Lipinski definition) is 1. The van der Waals surface area contributed by atoms with Gasteiger partial charge in [0.05, 0.1) is 0 Å². The summed E-state index contributed by atoms with van der Waals surface area (Å²) in [6.07, 6.45) is 7.74. The van der Waals surface area contributed by atoms with Crippen molar-refractivity contribution in [3.8, 4) is 0 Å². The van der Waals surface area contributed by atoms with E-state index in [1.54, 1.807) is 6.07 Å². The molecule has 1 aliphatic carbocycles. The number of hydrogen-bond donors (Lipinski definition) is 1. The number of rotatable bonds is 3. The van der Waals surface area contributed by atoms with E-state index >= 15 is 0 Å². The molecular formula is C13H15F2N. The highest BCUT2D eigenvalue weighted by molar-refractivity contribution is 5.18. The predicted molar refractivity (Wildman–Crippen MR) is 60.0 cm³/mol. The van der Waals surface area contributed by atoms with Crippen molar-refractivity contribution in [2.45, 2.75) is 31.8 Å². The molecule has 0 radical (unpaired) electrons. The Kier molecular flexibility index (Phi) is 3.67. The number of nitrogens with one attached hydrogen (secondary N) is 1. The monoisotopic (exact) mass is 223 g/mol. The van der Waals surface area contributed by atoms with Crippen molar-refractivity contribution in [2.75, 3.05) is 0 Å². The second-order valence-corrected chi connectivity index (χ2v) is 4.09. The van der Waals surface area contributed by atoms with Crippen LogP contribution in [0.1, 0.15) is 24.8 Å². The van der Waals surface area contributed by atoms with Crippen molar-refractivity contribution >= 4 is 0 Å². The zero-order valence-electron chi connectivity index (χ0n) is 9.05. The van der Waals surface area contributed by atoms with E-state index in [9.17, 15) is 8.78 Å². The molecule has 1 aliphatic rings. The van der Waals surface area contributed by atoms with Crippen LogP contribution in [0, 0.1) is 11.6 Å². The van der Waals surface area contributed by atoms with Crippen LogP contribution in [0.2, 0.25) is 0 Å². The molecule has 0 saturated heterocycles. The van der Waals surface area contributed by atoms with Crippen molar-refractivity contribution in [1.29, 1.82) is 0 Å². The lowest BCUT2D eigenvalue weighted by molar-refractivity contribution is 0.499. The van der Waals surface area contributed by atoms with Crippen LogP contribution in [-0.2, 0) is 6.54 Å². The van der Waals surface area contributed by atoms with E-state index in [1.807, 2.05) is 0 Å². The molecule has 0 bridgehead atoms. The summed E-state index contributed by atoms with van der Waals surface area (Å²) in [5, 5.41) is 3.31. The van der Waals surface area contributed by atoms with E-state index in [0.29, 0.717) is 12.6 Å². The predicted octanol–water partition coefficient (Wildman–Crippen LogP) is 3.16. The highest BCUT2D eigenvalue weighted by Gasteiger charge is 2.08. The lowest BCUT2D eigenvalue weighted by Crippen LogP contribution is -2.27. The van der Waals surface area contributed by atoms with Crippen LogP contribution >= 0.6 is 0 Å². The second kappa shape index (κ2) is 5.21. The van der Waals surface area contributed by atoms with Crippen molar-refractivity contribution < 1.29 is 8.78 Å². The minimum atomic E-state index is -0.790. The van der Waals surface area contributed by atoms with E-state index in [-0.39, 0.29) is 0 Å². The standard InChI is InChI=1S/C13H15F2N/c14-12-7-6-10(8-13(12)15)9-16-11-4-2-1-3-5-11/h2,4,6-8,11,16H,1,3,5,9H2. The third-order valence-electron chi connectivity index (χ3n) is 2.81. The van der Waals surface area contributed by atoms with Gasteiger partial charge in [0.25, 0.3) is 0 Å². The lowest BCUT2D eigenvalue weighted by atomic mass is 10.0. The molecule has 3 heteroatoms. The number of allylic oxidation sites excluding steroid dienone is 1. The van der Waals surface area contributed by atoms with Crippen molar-refractivity contribution in [2.24, 2.45) is 0 Å². The minimum Gasteiger partial charge on any atom is -0.306 e. The highest BCUT2D eigenvalue weighted by atomic mass is 19.2. The third-order valence-corrected chi connectivity index (χ3v) is 2.81. The van der Waals surface area contributed by atoms with Gasteiger partial charge in [-0.25, -0.2) is 8.78 Å². The summed E-state index contributed by atoms with van der Waals surface area (Å²) in [6.45, 7) is 0.576. The first kappa shape index (κ1) is 11.3. The van der Waals surface area contributed by atoms with E-state index in [1.165, 1.54) is 18.6 Å². The van der Waals surface area contributed by atoms with E-state index in [0.717, 1.165) is 18.4 Å². The fourth-order valence-electron chi connectivity index (χ4n) is 1.88. The van der Waals surface area contributed by atoms with E-state index in [2.05, 4.69) is 17.5 Å². The van der Waals surface area contributed by atoms with E-state index < -0.39 is 11.6 Å². The van der Waals surface area contributed by atoms with Gasteiger partial charge in [0, 0.05) is 12.6 Å². The Morgan fingerprint density at radius 3 is 2.81 bits per heavy atom. The molecular weight excluding hydrogens is 208 g/mol. The van der Waals surface area contributed by atoms with Gasteiger partial charge in [0.2, 0.25) is 0 Å². The summed E-state index contributed by atoms with van der Waals surface area (Å²) in [4.78, 5) is 0. The zero-order chi connectivity index (χ0) is 11.4. The lowest BCUT2D eigenvalue weighted by Gasteiger charge is -2.17. The Morgan fingerprint density at radius 1 is 1.25 bits per heavy atom. The van der Waals surface area contributed by atoms with Crippen LogP contribution in [0.4, 0.5) is 8.78 Å². The number of halogens is 2. The Morgan fingerprint density at radius 2 is 2.12 bits per heavy atom. The van der Waals surface area contributed by atoms with Crippen LogP contribution < -0.4 is 5.32 Å². The SMILES string of the molecule is Fc1ccc(CNC2C=CCCC2)cc1F. The van der Waals surface area contributed by atoms with Gasteiger partial charge >= 0.3 is 0 Å². The molecule has 0 aromatic heterocycles. The summed E-state index contributed by atoms with van der Waals surface area (Å²) >= 11 is 0. The zero-order valence-corrected chi connectivity index (χ0v) is 9.05. The van der Waals surface area contributed by atoms with Gasteiger partial charge in [0.15, 0.2) is 11.6 Å². The topological polar surface area (TPSA) is 12.0 Å². The summed E-state index contributed by atoms with van der Waals surface area (Å²) in [5.41, 5.74) is 0.776. The molecule has 16 heavy (non-hydrogen) atoms. The average Bonchev–Trinajstić information content (AvgIpc) is 2.32. The van der Waals surface area contributed by atoms with Crippen molar-refractivity contribution in [1.82, 2.24) is 5.32 Å². The summed E-state index contributed by atoms with van der Waals surface area (Å²) in [6, 6.07) is 4.39. The van der Waals surface area contributed by atoms with Gasteiger partial charge in [-0.1, -0.05) is 18.2 Å². The summed E-state index contributed by atoms with van der Waals surface area (Å²) in [5.74, 6) is -1.57. The molecule has 1 atom stereocenters. The normalized spacial score (nSPS) is 20.0. The third kappa shape index (κ3) is 2.89. The van der Waals surface area contributed by atoms with Crippen LogP contribution in [0.15, 0.2) is 30.4 Å². The molecule has 0 amide bonds. The largest absolute Gasteiger partial charge is 0.306 e. The van der Waals surface area contributed by atoms with E-state index in [4.69, 9.17) is 0 Å². The van der Waals surface area contributed by atoms with Crippen LogP contribution in [0.25, 0.3) is 0 Å². The molecule has 1 unspecified atom stereocenters. The molecule has 1 N–H and O–H groups in total. The summed E-state index contributed by atoms with van der Waals surface area (Å²) < 4.78 is 25.6. The fraction of sp³-hybridized carbons (Fsp3) is 0.385. The smallest absolute Gasteiger partial charge is 0.159 e.